The summed E-state index contributed by atoms with van der Waals surface area (Å²) in [6.07, 6.45) is 0.513. The first-order valence-corrected chi connectivity index (χ1v) is 7.45. The highest BCUT2D eigenvalue weighted by atomic mass is 35.5. The highest BCUT2D eigenvalue weighted by Crippen LogP contribution is 2.24. The number of nitrogens with one attached hydrogen (secondary N) is 1. The van der Waals surface area contributed by atoms with Crippen molar-refractivity contribution in [3.63, 3.8) is 0 Å². The van der Waals surface area contributed by atoms with Crippen LogP contribution < -0.4 is 5.32 Å². The van der Waals surface area contributed by atoms with Crippen LogP contribution in [-0.4, -0.2) is 51.2 Å². The van der Waals surface area contributed by atoms with Crippen molar-refractivity contribution in [2.24, 2.45) is 0 Å². The standard InChI is InChI=1S/C14H18ClFN4O3/c1-14(2,3)23-13(22)20-7-8(16)4-9(20)12(21)19-11-6-17-5-10(15)18-11/h5-6,8-9H,4,7H2,1-3H3,(H,18,19,21). The second-order valence-corrected chi connectivity index (χ2v) is 6.59. The molecule has 1 N–H and O–H groups in total. The lowest BCUT2D eigenvalue weighted by Gasteiger charge is -2.27. The van der Waals surface area contributed by atoms with Crippen LogP contribution in [0.25, 0.3) is 0 Å². The number of hydrogen-bond acceptors (Lipinski definition) is 5. The van der Waals surface area contributed by atoms with Gasteiger partial charge in [0.1, 0.15) is 23.0 Å². The van der Waals surface area contributed by atoms with Gasteiger partial charge in [-0.15, -0.1) is 0 Å². The van der Waals surface area contributed by atoms with Gasteiger partial charge in [0.05, 0.1) is 18.9 Å². The largest absolute Gasteiger partial charge is 0.444 e. The summed E-state index contributed by atoms with van der Waals surface area (Å²) in [5, 5.41) is 2.59. The van der Waals surface area contributed by atoms with Crippen molar-refractivity contribution in [2.45, 2.75) is 45.0 Å². The molecule has 126 valence electrons. The Morgan fingerprint density at radius 1 is 1.43 bits per heavy atom. The number of nitrogens with zero attached hydrogens (tertiary/aromatic N) is 3. The van der Waals surface area contributed by atoms with Crippen molar-refractivity contribution in [2.75, 3.05) is 11.9 Å². The summed E-state index contributed by atoms with van der Waals surface area (Å²) < 4.78 is 18.9. The molecule has 0 aromatic carbocycles. The molecule has 23 heavy (non-hydrogen) atoms. The number of alkyl halides is 1. The van der Waals surface area contributed by atoms with E-state index in [1.807, 2.05) is 0 Å². The first-order chi connectivity index (χ1) is 10.7. The molecule has 1 aromatic rings. The van der Waals surface area contributed by atoms with Crippen molar-refractivity contribution in [3.05, 3.63) is 17.5 Å². The van der Waals surface area contributed by atoms with Gasteiger partial charge < -0.3 is 10.1 Å². The number of ether oxygens (including phenoxy) is 1. The fraction of sp³-hybridized carbons (Fsp3) is 0.571. The van der Waals surface area contributed by atoms with Crippen LogP contribution >= 0.6 is 11.6 Å². The highest BCUT2D eigenvalue weighted by Gasteiger charge is 2.41. The lowest BCUT2D eigenvalue weighted by molar-refractivity contribution is -0.120. The van der Waals surface area contributed by atoms with Gasteiger partial charge in [-0.1, -0.05) is 11.6 Å². The van der Waals surface area contributed by atoms with Crippen molar-refractivity contribution < 1.29 is 18.7 Å². The molecule has 2 unspecified atom stereocenters. The van der Waals surface area contributed by atoms with Crippen molar-refractivity contribution >= 4 is 29.4 Å². The molecular weight excluding hydrogens is 327 g/mol. The molecule has 0 radical (unpaired) electrons. The summed E-state index contributed by atoms with van der Waals surface area (Å²) in [6.45, 7) is 4.91. The lowest BCUT2D eigenvalue weighted by atomic mass is 10.2. The van der Waals surface area contributed by atoms with Crippen LogP contribution in [0.3, 0.4) is 0 Å². The summed E-state index contributed by atoms with van der Waals surface area (Å²) >= 11 is 5.69. The molecule has 2 atom stereocenters. The van der Waals surface area contributed by atoms with Crippen LogP contribution in [0.4, 0.5) is 15.0 Å². The smallest absolute Gasteiger partial charge is 0.411 e. The van der Waals surface area contributed by atoms with Gasteiger partial charge in [0.15, 0.2) is 5.82 Å². The molecule has 7 nitrogen and oxygen atoms in total. The van der Waals surface area contributed by atoms with E-state index >= 15 is 0 Å². The third kappa shape index (κ3) is 4.75. The Bertz CT molecular complexity index is 608. The predicted octanol–water partition coefficient (Wildman–Crippen LogP) is 2.42. The summed E-state index contributed by atoms with van der Waals surface area (Å²) in [7, 11) is 0. The van der Waals surface area contributed by atoms with Crippen LogP contribution in [0.1, 0.15) is 27.2 Å². The molecule has 2 rings (SSSR count). The molecule has 2 heterocycles. The second-order valence-electron chi connectivity index (χ2n) is 6.20. The minimum absolute atomic E-state index is 0.0981. The summed E-state index contributed by atoms with van der Waals surface area (Å²) in [5.74, 6) is -0.429. The van der Waals surface area contributed by atoms with Crippen LogP contribution in [0.5, 0.6) is 0 Å². The molecule has 0 spiro atoms. The predicted molar refractivity (Wildman–Crippen MR) is 81.9 cm³/mol. The van der Waals surface area contributed by atoms with E-state index in [2.05, 4.69) is 15.3 Å². The van der Waals surface area contributed by atoms with E-state index in [1.54, 1.807) is 20.8 Å². The Morgan fingerprint density at radius 2 is 2.13 bits per heavy atom. The molecule has 9 heteroatoms. The molecule has 1 aliphatic heterocycles. The normalized spacial score (nSPS) is 21.2. The topological polar surface area (TPSA) is 84.4 Å². The number of carbonyl (C=O) groups excluding carboxylic acids is 2. The van der Waals surface area contributed by atoms with E-state index in [0.717, 1.165) is 4.90 Å². The Morgan fingerprint density at radius 3 is 2.74 bits per heavy atom. The second kappa shape index (κ2) is 6.66. The quantitative estimate of drug-likeness (QED) is 0.890. The Hall–Kier alpha value is -1.96. The van der Waals surface area contributed by atoms with E-state index < -0.39 is 29.8 Å². The van der Waals surface area contributed by atoms with Gasteiger partial charge in [0.2, 0.25) is 5.91 Å². The summed E-state index contributed by atoms with van der Waals surface area (Å²) in [4.78, 5) is 33.2. The molecule has 1 fully saturated rings. The maximum Gasteiger partial charge on any atom is 0.411 e. The van der Waals surface area contributed by atoms with E-state index in [0.29, 0.717) is 0 Å². The van der Waals surface area contributed by atoms with E-state index in [-0.39, 0.29) is 23.9 Å². The molecule has 2 amide bonds. The van der Waals surface area contributed by atoms with Crippen LogP contribution in [0.15, 0.2) is 12.4 Å². The maximum atomic E-state index is 13.7. The van der Waals surface area contributed by atoms with E-state index in [4.69, 9.17) is 16.3 Å². The minimum atomic E-state index is -1.29. The number of hydrogen-bond donors (Lipinski definition) is 1. The Labute approximate surface area is 138 Å². The fourth-order valence-corrected chi connectivity index (χ4v) is 2.31. The van der Waals surface area contributed by atoms with Gasteiger partial charge in [-0.3, -0.25) is 14.7 Å². The average Bonchev–Trinajstić information content (AvgIpc) is 2.79. The first-order valence-electron chi connectivity index (χ1n) is 7.08. The van der Waals surface area contributed by atoms with E-state index in [1.165, 1.54) is 12.4 Å². The SMILES string of the molecule is CC(C)(C)OC(=O)N1CC(F)CC1C(=O)Nc1cncc(Cl)n1. The number of anilines is 1. The lowest BCUT2D eigenvalue weighted by Crippen LogP contribution is -2.45. The molecule has 1 aromatic heterocycles. The monoisotopic (exact) mass is 344 g/mol. The van der Waals surface area contributed by atoms with Gasteiger partial charge >= 0.3 is 6.09 Å². The van der Waals surface area contributed by atoms with Crippen molar-refractivity contribution in [1.29, 1.82) is 0 Å². The summed E-state index contributed by atoms with van der Waals surface area (Å²) in [6, 6.07) is -0.972. The van der Waals surface area contributed by atoms with Gasteiger partial charge in [-0.05, 0) is 20.8 Å². The number of carbonyl (C=O) groups is 2. The maximum absolute atomic E-state index is 13.7. The minimum Gasteiger partial charge on any atom is -0.444 e. The average molecular weight is 345 g/mol. The van der Waals surface area contributed by atoms with Crippen LogP contribution in [-0.2, 0) is 9.53 Å². The van der Waals surface area contributed by atoms with E-state index in [9.17, 15) is 14.0 Å². The van der Waals surface area contributed by atoms with Gasteiger partial charge in [-0.25, -0.2) is 14.2 Å². The molecular formula is C14H18ClFN4O3. The zero-order chi connectivity index (χ0) is 17.2. The molecule has 0 bridgehead atoms. The number of likely N-dealkylation sites (tertiary alicyclic amines) is 1. The highest BCUT2D eigenvalue weighted by molar-refractivity contribution is 6.29. The van der Waals surface area contributed by atoms with Gasteiger partial charge in [-0.2, -0.15) is 0 Å². The molecule has 1 saturated heterocycles. The molecule has 1 aliphatic rings. The van der Waals surface area contributed by atoms with Crippen molar-refractivity contribution in [3.8, 4) is 0 Å². The third-order valence-electron chi connectivity index (χ3n) is 3.04. The molecule has 0 aliphatic carbocycles. The van der Waals surface area contributed by atoms with Crippen LogP contribution in [0.2, 0.25) is 5.15 Å². The number of aromatic nitrogens is 2. The fourth-order valence-electron chi connectivity index (χ4n) is 2.17. The Balaban J connectivity index is 2.09. The molecule has 0 saturated carbocycles. The van der Waals surface area contributed by atoms with Crippen LogP contribution in [0, 0.1) is 0 Å². The van der Waals surface area contributed by atoms with Gasteiger partial charge in [0.25, 0.3) is 0 Å². The number of halogens is 2. The zero-order valence-electron chi connectivity index (χ0n) is 13.0. The Kier molecular flexibility index (Phi) is 5.03. The first kappa shape index (κ1) is 17.4. The van der Waals surface area contributed by atoms with Crippen molar-refractivity contribution in [1.82, 2.24) is 14.9 Å². The third-order valence-corrected chi connectivity index (χ3v) is 3.22. The number of amides is 2. The number of rotatable bonds is 2. The van der Waals surface area contributed by atoms with Gasteiger partial charge in [0, 0.05) is 6.42 Å². The zero-order valence-corrected chi connectivity index (χ0v) is 13.8. The summed E-state index contributed by atoms with van der Waals surface area (Å²) in [5.41, 5.74) is -0.731.